The third kappa shape index (κ3) is 4.65. The van der Waals surface area contributed by atoms with Gasteiger partial charge in [0.1, 0.15) is 0 Å². The summed E-state index contributed by atoms with van der Waals surface area (Å²) in [5.41, 5.74) is 3.31. The van der Waals surface area contributed by atoms with Crippen molar-refractivity contribution in [3.05, 3.63) is 108 Å². The highest BCUT2D eigenvalue weighted by Gasteiger charge is 2.23. The molecular weight excluding hydrogens is 306 g/mol. The van der Waals surface area contributed by atoms with E-state index in [2.05, 4.69) is 17.0 Å². The lowest BCUT2D eigenvalue weighted by atomic mass is 9.87. The molecule has 0 saturated heterocycles. The molecule has 0 amide bonds. The molecule has 0 N–H and O–H groups in total. The van der Waals surface area contributed by atoms with Gasteiger partial charge in [-0.25, -0.2) is 0 Å². The molecule has 0 heterocycles. The maximum atomic E-state index is 13.1. The first-order valence-electron chi connectivity index (χ1n) is 8.59. The maximum absolute atomic E-state index is 13.1. The summed E-state index contributed by atoms with van der Waals surface area (Å²) in [4.78, 5) is 15.2. The van der Waals surface area contributed by atoms with E-state index in [1.807, 2.05) is 85.9 Å². The molecule has 0 spiro atoms. The third-order valence-electron chi connectivity index (χ3n) is 4.31. The lowest BCUT2D eigenvalue weighted by Crippen LogP contribution is -2.29. The fourth-order valence-corrected chi connectivity index (χ4v) is 3.16. The van der Waals surface area contributed by atoms with Crippen molar-refractivity contribution >= 4 is 5.78 Å². The van der Waals surface area contributed by atoms with Crippen LogP contribution in [0.4, 0.5) is 0 Å². The number of hydrogen-bond donors (Lipinski definition) is 0. The van der Waals surface area contributed by atoms with Crippen LogP contribution in [0.15, 0.2) is 91.0 Å². The zero-order chi connectivity index (χ0) is 17.5. The molecule has 126 valence electrons. The first-order chi connectivity index (χ1) is 12.2. The van der Waals surface area contributed by atoms with Crippen molar-refractivity contribution in [3.8, 4) is 0 Å². The van der Waals surface area contributed by atoms with Gasteiger partial charge >= 0.3 is 0 Å². The maximum Gasteiger partial charge on any atom is 0.158 e. The summed E-state index contributed by atoms with van der Waals surface area (Å²) in [6, 6.07) is 30.3. The molecule has 0 saturated carbocycles. The summed E-state index contributed by atoms with van der Waals surface area (Å²) in [6.07, 6.45) is 0. The molecule has 0 aliphatic heterocycles. The number of carbonyl (C=O) groups excluding carboxylic acids is 1. The fourth-order valence-electron chi connectivity index (χ4n) is 3.16. The Morgan fingerprint density at radius 2 is 1.20 bits per heavy atom. The lowest BCUT2D eigenvalue weighted by molar-refractivity contribution is -0.120. The number of nitrogens with zero attached hydrogens (tertiary/aromatic N) is 1. The van der Waals surface area contributed by atoms with E-state index in [0.29, 0.717) is 6.54 Å². The van der Waals surface area contributed by atoms with Gasteiger partial charge in [0.25, 0.3) is 0 Å². The second kappa shape index (κ2) is 8.41. The molecule has 2 nitrogen and oxygen atoms in total. The lowest BCUT2D eigenvalue weighted by Gasteiger charge is -2.21. The van der Waals surface area contributed by atoms with Crippen molar-refractivity contribution < 1.29 is 4.79 Å². The van der Waals surface area contributed by atoms with Crippen LogP contribution in [-0.2, 0) is 11.3 Å². The molecule has 0 unspecified atom stereocenters. The molecule has 0 fully saturated rings. The van der Waals surface area contributed by atoms with Crippen LogP contribution in [0.2, 0.25) is 0 Å². The van der Waals surface area contributed by atoms with Crippen LogP contribution in [-0.4, -0.2) is 24.3 Å². The van der Waals surface area contributed by atoms with Crippen molar-refractivity contribution in [1.29, 1.82) is 0 Å². The molecule has 0 aromatic heterocycles. The average molecular weight is 329 g/mol. The number of ketones is 1. The molecule has 0 aliphatic carbocycles. The van der Waals surface area contributed by atoms with Gasteiger partial charge in [-0.05, 0) is 23.7 Å². The Hall–Kier alpha value is -2.71. The van der Waals surface area contributed by atoms with Gasteiger partial charge in [-0.3, -0.25) is 9.69 Å². The monoisotopic (exact) mass is 329 g/mol. The SMILES string of the molecule is CN(CC(=O)C(c1ccccc1)c1ccccc1)Cc1ccccc1. The summed E-state index contributed by atoms with van der Waals surface area (Å²) in [6.45, 7) is 1.19. The Labute approximate surface area is 149 Å². The number of hydrogen-bond acceptors (Lipinski definition) is 2. The topological polar surface area (TPSA) is 20.3 Å². The largest absolute Gasteiger partial charge is 0.297 e. The summed E-state index contributed by atoms with van der Waals surface area (Å²) in [7, 11) is 2.00. The number of benzene rings is 3. The van der Waals surface area contributed by atoms with E-state index in [1.54, 1.807) is 0 Å². The van der Waals surface area contributed by atoms with E-state index < -0.39 is 0 Å². The summed E-state index contributed by atoms with van der Waals surface area (Å²) in [5.74, 6) is -0.00328. The molecule has 0 radical (unpaired) electrons. The van der Waals surface area contributed by atoms with Gasteiger partial charge in [0.15, 0.2) is 5.78 Å². The Morgan fingerprint density at radius 1 is 0.760 bits per heavy atom. The number of Topliss-reactive ketones (excluding diaryl/α,β-unsaturated/α-hetero) is 1. The minimum Gasteiger partial charge on any atom is -0.297 e. The van der Waals surface area contributed by atoms with Gasteiger partial charge in [-0.1, -0.05) is 91.0 Å². The molecule has 0 aliphatic rings. The van der Waals surface area contributed by atoms with Crippen LogP contribution in [0.3, 0.4) is 0 Å². The predicted molar refractivity (Wildman–Crippen MR) is 103 cm³/mol. The predicted octanol–water partition coefficient (Wildman–Crippen LogP) is 4.52. The van der Waals surface area contributed by atoms with Crippen LogP contribution in [0, 0.1) is 0 Å². The van der Waals surface area contributed by atoms with Crippen molar-refractivity contribution in [2.45, 2.75) is 12.5 Å². The number of likely N-dealkylation sites (N-methyl/N-ethyl adjacent to an activating group) is 1. The molecule has 3 rings (SSSR count). The van der Waals surface area contributed by atoms with E-state index in [-0.39, 0.29) is 11.7 Å². The van der Waals surface area contributed by atoms with Crippen molar-refractivity contribution in [1.82, 2.24) is 4.90 Å². The van der Waals surface area contributed by atoms with Gasteiger partial charge in [0.2, 0.25) is 0 Å². The number of carbonyl (C=O) groups is 1. The van der Waals surface area contributed by atoms with Crippen LogP contribution in [0.25, 0.3) is 0 Å². The van der Waals surface area contributed by atoms with E-state index in [9.17, 15) is 4.79 Å². The van der Waals surface area contributed by atoms with Crippen molar-refractivity contribution in [2.75, 3.05) is 13.6 Å². The van der Waals surface area contributed by atoms with E-state index in [1.165, 1.54) is 5.56 Å². The second-order valence-electron chi connectivity index (χ2n) is 6.38. The minimum absolute atomic E-state index is 0.218. The minimum atomic E-state index is -0.222. The fraction of sp³-hybridized carbons (Fsp3) is 0.174. The zero-order valence-corrected chi connectivity index (χ0v) is 14.5. The molecule has 25 heavy (non-hydrogen) atoms. The van der Waals surface area contributed by atoms with E-state index in [0.717, 1.165) is 17.7 Å². The van der Waals surface area contributed by atoms with Gasteiger partial charge in [0.05, 0.1) is 12.5 Å². The Kier molecular flexibility index (Phi) is 5.76. The molecular formula is C23H23NO. The van der Waals surface area contributed by atoms with Crippen LogP contribution < -0.4 is 0 Å². The molecule has 3 aromatic rings. The quantitative estimate of drug-likeness (QED) is 0.635. The van der Waals surface area contributed by atoms with Gasteiger partial charge in [-0.15, -0.1) is 0 Å². The summed E-state index contributed by atoms with van der Waals surface area (Å²) in [5, 5.41) is 0. The average Bonchev–Trinajstić information content (AvgIpc) is 2.64. The molecule has 2 heteroatoms. The molecule has 3 aromatic carbocycles. The van der Waals surface area contributed by atoms with Gasteiger partial charge in [0, 0.05) is 6.54 Å². The van der Waals surface area contributed by atoms with Gasteiger partial charge < -0.3 is 0 Å². The first kappa shape index (κ1) is 17.1. The highest BCUT2D eigenvalue weighted by molar-refractivity contribution is 5.90. The summed E-state index contributed by atoms with van der Waals surface area (Å²) >= 11 is 0. The highest BCUT2D eigenvalue weighted by atomic mass is 16.1. The van der Waals surface area contributed by atoms with Crippen molar-refractivity contribution in [3.63, 3.8) is 0 Å². The van der Waals surface area contributed by atoms with E-state index in [4.69, 9.17) is 0 Å². The smallest absolute Gasteiger partial charge is 0.158 e. The van der Waals surface area contributed by atoms with Gasteiger partial charge in [-0.2, -0.15) is 0 Å². The number of rotatable bonds is 7. The second-order valence-corrected chi connectivity index (χ2v) is 6.38. The van der Waals surface area contributed by atoms with Crippen LogP contribution in [0.5, 0.6) is 0 Å². The highest BCUT2D eigenvalue weighted by Crippen LogP contribution is 2.26. The normalized spacial score (nSPS) is 11.0. The summed E-state index contributed by atoms with van der Waals surface area (Å²) < 4.78 is 0. The zero-order valence-electron chi connectivity index (χ0n) is 14.5. The Balaban J connectivity index is 1.78. The standard InChI is InChI=1S/C23H23NO/c1-24(17-19-11-5-2-6-12-19)18-22(25)23(20-13-7-3-8-14-20)21-15-9-4-10-16-21/h2-16,23H,17-18H2,1H3. The molecule has 0 bridgehead atoms. The van der Waals surface area contributed by atoms with Crippen molar-refractivity contribution in [2.24, 2.45) is 0 Å². The van der Waals surface area contributed by atoms with Crippen LogP contribution >= 0.6 is 0 Å². The Bertz CT molecular complexity index is 745. The molecule has 0 atom stereocenters. The Morgan fingerprint density at radius 3 is 1.68 bits per heavy atom. The van der Waals surface area contributed by atoms with Crippen LogP contribution in [0.1, 0.15) is 22.6 Å². The first-order valence-corrected chi connectivity index (χ1v) is 8.59. The van der Waals surface area contributed by atoms with E-state index >= 15 is 0 Å². The third-order valence-corrected chi connectivity index (χ3v) is 4.31.